The Balaban J connectivity index is 0.000000217. The molecule has 1 rings (SSSR count). The third-order valence-corrected chi connectivity index (χ3v) is 1.16. The van der Waals surface area contributed by atoms with Crippen LogP contribution in [0.1, 0.15) is 12.8 Å². The van der Waals surface area contributed by atoms with Gasteiger partial charge in [0.25, 0.3) is 10.1 Å². The highest BCUT2D eigenvalue weighted by molar-refractivity contribution is 7.85. The molecule has 1 heterocycles. The van der Waals surface area contributed by atoms with E-state index in [1.54, 1.807) is 0 Å². The molecule has 1 fully saturated rings. The maximum Gasteiger partial charge on any atom is 0.261 e. The average molecular weight is 195 g/mol. The maximum absolute atomic E-state index is 10.4. The molecule has 12 heavy (non-hydrogen) atoms. The van der Waals surface area contributed by atoms with E-state index in [9.17, 15) is 13.2 Å². The number of carbonyl (C=O) groups excluding carboxylic acids is 1. The number of hydrogen-bond acceptors (Lipinski definition) is 4. The highest BCUT2D eigenvalue weighted by atomic mass is 32.2. The van der Waals surface area contributed by atoms with Crippen molar-refractivity contribution in [3.8, 4) is 0 Å². The van der Waals surface area contributed by atoms with Crippen molar-refractivity contribution in [3.63, 3.8) is 0 Å². The van der Waals surface area contributed by atoms with Crippen LogP contribution in [0.3, 0.4) is 0 Å². The number of rotatable bonds is 0. The number of nitrogens with one attached hydrogen (secondary N) is 1. The van der Waals surface area contributed by atoms with Gasteiger partial charge < -0.3 is 5.32 Å². The van der Waals surface area contributed by atoms with E-state index in [0.717, 1.165) is 25.9 Å². The van der Waals surface area contributed by atoms with Gasteiger partial charge in [-0.25, -0.2) is 0 Å². The van der Waals surface area contributed by atoms with E-state index in [4.69, 9.17) is 4.55 Å². The number of ketones is 1. The zero-order valence-corrected chi connectivity index (χ0v) is 7.73. The van der Waals surface area contributed by atoms with Gasteiger partial charge in [0.1, 0.15) is 5.78 Å². The second-order valence-corrected chi connectivity index (χ2v) is 3.99. The molecule has 0 aromatic carbocycles. The molecule has 0 unspecified atom stereocenters. The molecule has 1 aliphatic heterocycles. The molecule has 0 bridgehead atoms. The summed E-state index contributed by atoms with van der Waals surface area (Å²) >= 11 is 0. The minimum Gasteiger partial charge on any atom is -0.316 e. The van der Waals surface area contributed by atoms with Crippen molar-refractivity contribution in [2.45, 2.75) is 12.8 Å². The maximum atomic E-state index is 10.4. The van der Waals surface area contributed by atoms with Crippen LogP contribution in [-0.4, -0.2) is 38.1 Å². The van der Waals surface area contributed by atoms with Crippen LogP contribution in [0.15, 0.2) is 0 Å². The first-order valence-electron chi connectivity index (χ1n) is 3.54. The Labute approximate surface area is 71.9 Å². The van der Waals surface area contributed by atoms with Crippen molar-refractivity contribution in [2.75, 3.05) is 19.3 Å². The predicted molar refractivity (Wildman–Crippen MR) is 44.6 cm³/mol. The number of piperidine rings is 1. The zero-order valence-electron chi connectivity index (χ0n) is 6.91. The number of Topliss-reactive ketones (excluding diaryl/α,β-unsaturated/α-hetero) is 1. The van der Waals surface area contributed by atoms with Gasteiger partial charge in [0.05, 0.1) is 6.26 Å². The Kier molecular flexibility index (Phi) is 5.03. The van der Waals surface area contributed by atoms with E-state index < -0.39 is 10.1 Å². The van der Waals surface area contributed by atoms with E-state index in [-0.39, 0.29) is 0 Å². The van der Waals surface area contributed by atoms with E-state index in [2.05, 4.69) is 5.32 Å². The normalized spacial score (nSPS) is 18.0. The van der Waals surface area contributed by atoms with Crippen molar-refractivity contribution >= 4 is 15.9 Å². The van der Waals surface area contributed by atoms with Crippen molar-refractivity contribution in [1.29, 1.82) is 0 Å². The molecule has 1 aliphatic rings. The van der Waals surface area contributed by atoms with E-state index in [0.29, 0.717) is 12.0 Å². The summed E-state index contributed by atoms with van der Waals surface area (Å²) in [5.41, 5.74) is 0. The molecule has 72 valence electrons. The third kappa shape index (κ3) is 12.2. The molecule has 0 radical (unpaired) electrons. The second kappa shape index (κ2) is 5.23. The first kappa shape index (κ1) is 11.5. The molecule has 0 saturated carbocycles. The summed E-state index contributed by atoms with van der Waals surface area (Å²) in [5.74, 6) is 0.402. The molecule has 5 nitrogen and oxygen atoms in total. The third-order valence-electron chi connectivity index (χ3n) is 1.16. The van der Waals surface area contributed by atoms with E-state index in [1.807, 2.05) is 0 Å². The van der Waals surface area contributed by atoms with Gasteiger partial charge in [-0.15, -0.1) is 0 Å². The predicted octanol–water partition coefficient (Wildman–Crippen LogP) is -0.557. The van der Waals surface area contributed by atoms with Crippen LogP contribution in [-0.2, 0) is 14.9 Å². The van der Waals surface area contributed by atoms with Gasteiger partial charge in [0.15, 0.2) is 0 Å². The van der Waals surface area contributed by atoms with Crippen molar-refractivity contribution < 1.29 is 17.8 Å². The molecular formula is C6H13NO4S. The molecule has 0 atom stereocenters. The highest BCUT2D eigenvalue weighted by Gasteiger charge is 2.04. The summed E-state index contributed by atoms with van der Waals surface area (Å²) in [6.45, 7) is 1.78. The standard InChI is InChI=1S/C5H9NO.CH4O3S/c7-5-1-3-6-4-2-5;1-5(2,3)4/h6H,1-4H2;1H3,(H,2,3,4). The Hall–Kier alpha value is -0.460. The van der Waals surface area contributed by atoms with Crippen LogP contribution in [0.25, 0.3) is 0 Å². The monoisotopic (exact) mass is 195 g/mol. The summed E-state index contributed by atoms with van der Waals surface area (Å²) in [5, 5.41) is 3.09. The molecule has 1 saturated heterocycles. The lowest BCUT2D eigenvalue weighted by atomic mass is 10.1. The van der Waals surface area contributed by atoms with Gasteiger partial charge in [-0.3, -0.25) is 9.35 Å². The minimum atomic E-state index is -3.67. The molecule has 2 N–H and O–H groups in total. The average Bonchev–Trinajstić information content (AvgIpc) is 1.85. The quantitative estimate of drug-likeness (QED) is 0.506. The Morgan fingerprint density at radius 2 is 1.67 bits per heavy atom. The van der Waals surface area contributed by atoms with Gasteiger partial charge in [0, 0.05) is 25.9 Å². The lowest BCUT2D eigenvalue weighted by molar-refractivity contribution is -0.119. The Bertz CT molecular complexity index is 218. The lowest BCUT2D eigenvalue weighted by Crippen LogP contribution is -2.27. The van der Waals surface area contributed by atoms with Crippen molar-refractivity contribution in [2.24, 2.45) is 0 Å². The Morgan fingerprint density at radius 1 is 1.33 bits per heavy atom. The fourth-order valence-corrected chi connectivity index (χ4v) is 0.706. The van der Waals surface area contributed by atoms with Crippen LogP contribution >= 0.6 is 0 Å². The van der Waals surface area contributed by atoms with Crippen LogP contribution in [0.4, 0.5) is 0 Å². The van der Waals surface area contributed by atoms with Gasteiger partial charge in [0.2, 0.25) is 0 Å². The number of carbonyl (C=O) groups is 1. The van der Waals surface area contributed by atoms with E-state index in [1.165, 1.54) is 0 Å². The SMILES string of the molecule is CS(=O)(=O)O.O=C1CCNCC1. The van der Waals surface area contributed by atoms with Crippen LogP contribution in [0, 0.1) is 0 Å². The topological polar surface area (TPSA) is 83.5 Å². The van der Waals surface area contributed by atoms with Crippen molar-refractivity contribution in [3.05, 3.63) is 0 Å². The summed E-state index contributed by atoms with van der Waals surface area (Å²) in [4.78, 5) is 10.4. The van der Waals surface area contributed by atoms with Crippen LogP contribution in [0.5, 0.6) is 0 Å². The summed E-state index contributed by atoms with van der Waals surface area (Å²) in [6, 6.07) is 0. The lowest BCUT2D eigenvalue weighted by Gasteiger charge is -2.08. The van der Waals surface area contributed by atoms with Crippen molar-refractivity contribution in [1.82, 2.24) is 5.32 Å². The second-order valence-electron chi connectivity index (χ2n) is 2.52. The largest absolute Gasteiger partial charge is 0.316 e. The fourth-order valence-electron chi connectivity index (χ4n) is 0.706. The minimum absolute atomic E-state index is 0.402. The van der Waals surface area contributed by atoms with Gasteiger partial charge in [-0.2, -0.15) is 8.42 Å². The summed E-state index contributed by atoms with van der Waals surface area (Å²) in [6.07, 6.45) is 2.19. The molecular weight excluding hydrogens is 182 g/mol. The Morgan fingerprint density at radius 3 is 1.83 bits per heavy atom. The fraction of sp³-hybridized carbons (Fsp3) is 0.833. The molecule has 0 aliphatic carbocycles. The van der Waals surface area contributed by atoms with E-state index >= 15 is 0 Å². The summed E-state index contributed by atoms with van der Waals surface area (Å²) < 4.78 is 25.9. The first-order valence-corrected chi connectivity index (χ1v) is 5.39. The van der Waals surface area contributed by atoms with Gasteiger partial charge >= 0.3 is 0 Å². The van der Waals surface area contributed by atoms with Crippen LogP contribution in [0.2, 0.25) is 0 Å². The van der Waals surface area contributed by atoms with Crippen LogP contribution < -0.4 is 5.32 Å². The van der Waals surface area contributed by atoms with Gasteiger partial charge in [-0.05, 0) is 0 Å². The first-order chi connectivity index (χ1) is 5.39. The zero-order chi connectivity index (χ0) is 9.61. The highest BCUT2D eigenvalue weighted by Crippen LogP contribution is 1.91. The smallest absolute Gasteiger partial charge is 0.261 e. The molecule has 0 amide bonds. The molecule has 0 aromatic rings. The molecule has 0 spiro atoms. The van der Waals surface area contributed by atoms with Gasteiger partial charge in [-0.1, -0.05) is 0 Å². The molecule has 0 aromatic heterocycles. The summed E-state index contributed by atoms with van der Waals surface area (Å²) in [7, 11) is -3.67. The molecule has 6 heteroatoms. The number of hydrogen-bond donors (Lipinski definition) is 2.